The number of unbranched alkanes of at least 4 members (excludes halogenated alkanes) is 5. The van der Waals surface area contributed by atoms with Crippen LogP contribution < -0.4 is 10.6 Å². The van der Waals surface area contributed by atoms with Crippen molar-refractivity contribution >= 4 is 17.5 Å². The smallest absolute Gasteiger partial charge is 0.251 e. The van der Waals surface area contributed by atoms with Gasteiger partial charge in [-0.3, -0.25) is 9.59 Å². The van der Waals surface area contributed by atoms with Gasteiger partial charge in [0.1, 0.15) is 0 Å². The molecule has 4 heteroatoms. The molecule has 1 aromatic carbocycles. The van der Waals surface area contributed by atoms with E-state index in [2.05, 4.69) is 38.3 Å². The van der Waals surface area contributed by atoms with Crippen LogP contribution in [0.25, 0.3) is 0 Å². The maximum atomic E-state index is 12.6. The molecule has 4 nitrogen and oxygen atoms in total. The lowest BCUT2D eigenvalue weighted by Gasteiger charge is -2.31. The molecule has 0 unspecified atom stereocenters. The molecular formula is C24H40N2O2. The molecule has 0 saturated heterocycles. The summed E-state index contributed by atoms with van der Waals surface area (Å²) in [4.78, 5) is 24.8. The van der Waals surface area contributed by atoms with Gasteiger partial charge in [0.25, 0.3) is 5.91 Å². The molecule has 158 valence electrons. The molecule has 0 bridgehead atoms. The molecule has 0 aliphatic carbocycles. The molecule has 0 fully saturated rings. The Morgan fingerprint density at radius 3 is 2.00 bits per heavy atom. The van der Waals surface area contributed by atoms with Crippen molar-refractivity contribution in [1.82, 2.24) is 5.32 Å². The lowest BCUT2D eigenvalue weighted by atomic mass is 9.75. The second-order valence-corrected chi connectivity index (χ2v) is 9.68. The molecule has 0 heterocycles. The predicted molar refractivity (Wildman–Crippen MR) is 119 cm³/mol. The van der Waals surface area contributed by atoms with Crippen LogP contribution in [0.1, 0.15) is 96.8 Å². The highest BCUT2D eigenvalue weighted by molar-refractivity contribution is 5.97. The normalized spacial score (nSPS) is 11.9. The van der Waals surface area contributed by atoms with E-state index < -0.39 is 5.41 Å². The fourth-order valence-corrected chi connectivity index (χ4v) is 3.62. The maximum absolute atomic E-state index is 12.6. The number of benzene rings is 1. The van der Waals surface area contributed by atoms with Gasteiger partial charge in [-0.25, -0.2) is 0 Å². The van der Waals surface area contributed by atoms with Crippen LogP contribution in [0.5, 0.6) is 0 Å². The van der Waals surface area contributed by atoms with Crippen molar-refractivity contribution < 1.29 is 9.59 Å². The van der Waals surface area contributed by atoms with Crippen LogP contribution in [-0.2, 0) is 4.79 Å². The van der Waals surface area contributed by atoms with E-state index in [1.54, 1.807) is 24.3 Å². The van der Waals surface area contributed by atoms with Gasteiger partial charge in [-0.05, 0) is 42.5 Å². The first kappa shape index (κ1) is 24.2. The van der Waals surface area contributed by atoms with Crippen LogP contribution in [0.3, 0.4) is 0 Å². The topological polar surface area (TPSA) is 58.2 Å². The highest BCUT2D eigenvalue weighted by Gasteiger charge is 2.32. The molecule has 0 saturated carbocycles. The molecule has 0 aliphatic rings. The summed E-state index contributed by atoms with van der Waals surface area (Å²) in [6.45, 7) is 13.3. The monoisotopic (exact) mass is 388 g/mol. The van der Waals surface area contributed by atoms with Gasteiger partial charge in [0.15, 0.2) is 0 Å². The van der Waals surface area contributed by atoms with Crippen molar-refractivity contribution in [3.63, 3.8) is 0 Å². The van der Waals surface area contributed by atoms with E-state index >= 15 is 0 Å². The highest BCUT2D eigenvalue weighted by atomic mass is 16.2. The van der Waals surface area contributed by atoms with Crippen molar-refractivity contribution in [3.8, 4) is 0 Å². The number of hydrogen-bond acceptors (Lipinski definition) is 2. The number of nitrogens with one attached hydrogen (secondary N) is 2. The molecular weight excluding hydrogens is 348 g/mol. The summed E-state index contributed by atoms with van der Waals surface area (Å²) in [6, 6.07) is 7.13. The Hall–Kier alpha value is -1.84. The van der Waals surface area contributed by atoms with Crippen molar-refractivity contribution in [2.45, 2.75) is 86.5 Å². The molecule has 2 N–H and O–H groups in total. The minimum atomic E-state index is -0.453. The molecule has 0 aliphatic heterocycles. The van der Waals surface area contributed by atoms with Crippen LogP contribution in [0.2, 0.25) is 0 Å². The fraction of sp³-hybridized carbons (Fsp3) is 0.667. The summed E-state index contributed by atoms with van der Waals surface area (Å²) in [5.74, 6) is -0.0535. The number of anilines is 1. The lowest BCUT2D eigenvalue weighted by molar-refractivity contribution is -0.125. The second kappa shape index (κ2) is 11.2. The van der Waals surface area contributed by atoms with Crippen molar-refractivity contribution in [2.75, 3.05) is 11.9 Å². The third-order valence-electron chi connectivity index (χ3n) is 4.81. The van der Waals surface area contributed by atoms with E-state index in [9.17, 15) is 9.59 Å². The van der Waals surface area contributed by atoms with Crippen LogP contribution in [0.15, 0.2) is 24.3 Å². The quantitative estimate of drug-likeness (QED) is 0.445. The van der Waals surface area contributed by atoms with Gasteiger partial charge in [-0.15, -0.1) is 0 Å². The van der Waals surface area contributed by atoms with Crippen molar-refractivity contribution in [1.29, 1.82) is 0 Å². The van der Waals surface area contributed by atoms with E-state index in [1.807, 2.05) is 13.8 Å². The highest BCUT2D eigenvalue weighted by Crippen LogP contribution is 2.34. The Kier molecular flexibility index (Phi) is 9.71. The van der Waals surface area contributed by atoms with E-state index in [1.165, 1.54) is 25.7 Å². The summed E-state index contributed by atoms with van der Waals surface area (Å²) in [7, 11) is 0. The molecule has 0 aromatic heterocycles. The minimum Gasteiger partial charge on any atom is -0.352 e. The zero-order valence-corrected chi connectivity index (χ0v) is 18.8. The standard InChI is InChI=1S/C24H40N2O2/c1-7-8-9-10-11-12-17-25-21(27)19-13-15-20(16-14-19)26-22(28)24(5,6)18-23(2,3)4/h13-16H,7-12,17-18H2,1-6H3,(H,25,27)(H,26,28). The number of amides is 2. The first-order chi connectivity index (χ1) is 13.0. The first-order valence-electron chi connectivity index (χ1n) is 10.7. The molecule has 1 aromatic rings. The predicted octanol–water partition coefficient (Wildman–Crippen LogP) is 6.18. The van der Waals surface area contributed by atoms with Crippen LogP contribution in [0, 0.1) is 10.8 Å². The SMILES string of the molecule is CCCCCCCCNC(=O)c1ccc(NC(=O)C(C)(C)CC(C)(C)C)cc1. The van der Waals surface area contributed by atoms with Crippen LogP contribution in [0.4, 0.5) is 5.69 Å². The van der Waals surface area contributed by atoms with Crippen molar-refractivity contribution in [3.05, 3.63) is 29.8 Å². The summed E-state index contributed by atoms with van der Waals surface area (Å²) < 4.78 is 0. The van der Waals surface area contributed by atoms with Crippen LogP contribution >= 0.6 is 0 Å². The fourth-order valence-electron chi connectivity index (χ4n) is 3.62. The zero-order valence-electron chi connectivity index (χ0n) is 18.8. The Morgan fingerprint density at radius 2 is 1.43 bits per heavy atom. The molecule has 2 amide bonds. The van der Waals surface area contributed by atoms with Gasteiger partial charge in [0.2, 0.25) is 5.91 Å². The van der Waals surface area contributed by atoms with Gasteiger partial charge in [0, 0.05) is 23.2 Å². The third-order valence-corrected chi connectivity index (χ3v) is 4.81. The number of rotatable bonds is 11. The molecule has 0 spiro atoms. The zero-order chi connectivity index (χ0) is 21.2. The summed E-state index contributed by atoms with van der Waals surface area (Å²) in [5, 5.41) is 5.95. The Morgan fingerprint density at radius 1 is 0.857 bits per heavy atom. The van der Waals surface area contributed by atoms with Gasteiger partial charge >= 0.3 is 0 Å². The number of carbonyl (C=O) groups excluding carboxylic acids is 2. The summed E-state index contributed by atoms with van der Waals surface area (Å²) >= 11 is 0. The largest absolute Gasteiger partial charge is 0.352 e. The van der Waals surface area contributed by atoms with E-state index in [-0.39, 0.29) is 17.2 Å². The average molecular weight is 389 g/mol. The summed E-state index contributed by atoms with van der Waals surface area (Å²) in [5.41, 5.74) is 0.974. The van der Waals surface area contributed by atoms with E-state index in [0.29, 0.717) is 12.1 Å². The Labute approximate surface area is 171 Å². The summed E-state index contributed by atoms with van der Waals surface area (Å²) in [6.07, 6.45) is 8.05. The Bertz CT molecular complexity index is 612. The molecule has 28 heavy (non-hydrogen) atoms. The average Bonchev–Trinajstić information content (AvgIpc) is 2.59. The number of carbonyl (C=O) groups is 2. The third kappa shape index (κ3) is 9.38. The van der Waals surface area contributed by atoms with Gasteiger partial charge < -0.3 is 10.6 Å². The van der Waals surface area contributed by atoms with Crippen molar-refractivity contribution in [2.24, 2.45) is 10.8 Å². The minimum absolute atomic E-state index is 0.00250. The van der Waals surface area contributed by atoms with E-state index in [0.717, 1.165) is 24.9 Å². The molecule has 1 rings (SSSR count). The molecule has 0 radical (unpaired) electrons. The van der Waals surface area contributed by atoms with Gasteiger partial charge in [-0.2, -0.15) is 0 Å². The second-order valence-electron chi connectivity index (χ2n) is 9.68. The lowest BCUT2D eigenvalue weighted by Crippen LogP contribution is -2.34. The maximum Gasteiger partial charge on any atom is 0.251 e. The van der Waals surface area contributed by atoms with Crippen LogP contribution in [-0.4, -0.2) is 18.4 Å². The van der Waals surface area contributed by atoms with Gasteiger partial charge in [-0.1, -0.05) is 73.6 Å². The van der Waals surface area contributed by atoms with E-state index in [4.69, 9.17) is 0 Å². The first-order valence-corrected chi connectivity index (χ1v) is 10.7. The number of hydrogen-bond donors (Lipinski definition) is 2. The Balaban J connectivity index is 2.46. The van der Waals surface area contributed by atoms with Gasteiger partial charge in [0.05, 0.1) is 0 Å². The molecule has 0 atom stereocenters.